The predicted molar refractivity (Wildman–Crippen MR) is 113 cm³/mol. The summed E-state index contributed by atoms with van der Waals surface area (Å²) >= 11 is 0. The maximum absolute atomic E-state index is 11.2. The highest BCUT2D eigenvalue weighted by Crippen LogP contribution is 2.20. The summed E-state index contributed by atoms with van der Waals surface area (Å²) in [5, 5.41) is 11.2. The molecule has 0 spiro atoms. The van der Waals surface area contributed by atoms with Crippen LogP contribution in [-0.2, 0) is 0 Å². The highest BCUT2D eigenvalue weighted by Gasteiger charge is 2.19. The number of rotatable bonds is 20. The van der Waals surface area contributed by atoms with E-state index in [4.69, 9.17) is 0 Å². The fourth-order valence-corrected chi connectivity index (χ4v) is 4.07. The lowest BCUT2D eigenvalue weighted by Crippen LogP contribution is -2.85. The smallest absolute Gasteiger partial charge is 0.0884 e. The van der Waals surface area contributed by atoms with Gasteiger partial charge in [-0.25, -0.2) is 0 Å². The Hall–Kier alpha value is -0.0800. The predicted octanol–water partition coefficient (Wildman–Crippen LogP) is 7.11. The van der Waals surface area contributed by atoms with Crippen molar-refractivity contribution in [1.82, 2.24) is 0 Å². The van der Waals surface area contributed by atoms with E-state index in [2.05, 4.69) is 20.8 Å². The maximum Gasteiger partial charge on any atom is 0.0884 e. The quantitative estimate of drug-likeness (QED) is 0.183. The summed E-state index contributed by atoms with van der Waals surface area (Å²) in [5.41, 5.74) is 1.22. The van der Waals surface area contributed by atoms with Gasteiger partial charge in [0.05, 0.1) is 6.04 Å². The lowest BCUT2D eigenvalue weighted by atomic mass is 9.89. The second kappa shape index (κ2) is 20.2. The molecule has 0 aliphatic carbocycles. The van der Waals surface area contributed by atoms with Gasteiger partial charge >= 0.3 is 0 Å². The van der Waals surface area contributed by atoms with Crippen molar-refractivity contribution in [3.63, 3.8) is 0 Å². The van der Waals surface area contributed by atoms with Crippen LogP contribution in [0.25, 0.3) is 0 Å². The third-order valence-electron chi connectivity index (χ3n) is 5.86. The zero-order valence-corrected chi connectivity index (χ0v) is 17.9. The molecule has 2 heteroatoms. The molecule has 0 radical (unpaired) electrons. The second-order valence-electron chi connectivity index (χ2n) is 8.14. The summed E-state index contributed by atoms with van der Waals surface area (Å²) in [6.07, 6.45) is 24.5. The van der Waals surface area contributed by atoms with Gasteiger partial charge in [0, 0.05) is 5.92 Å². The van der Waals surface area contributed by atoms with E-state index in [9.17, 15) is 5.21 Å². The molecule has 2 unspecified atom stereocenters. The zero-order valence-electron chi connectivity index (χ0n) is 17.9. The Kier molecular flexibility index (Phi) is 20.2. The van der Waals surface area contributed by atoms with Gasteiger partial charge < -0.3 is 10.7 Å². The highest BCUT2D eigenvalue weighted by molar-refractivity contribution is 4.67. The van der Waals surface area contributed by atoms with Gasteiger partial charge in [-0.3, -0.25) is 0 Å². The van der Waals surface area contributed by atoms with Crippen molar-refractivity contribution in [2.24, 2.45) is 5.92 Å². The van der Waals surface area contributed by atoms with Crippen molar-refractivity contribution in [2.45, 2.75) is 142 Å². The lowest BCUT2D eigenvalue weighted by Gasteiger charge is -2.25. The normalized spacial score (nSPS) is 13.9. The first-order valence-electron chi connectivity index (χ1n) is 11.7. The molecule has 0 fully saturated rings. The Morgan fingerprint density at radius 2 is 1.00 bits per heavy atom. The maximum atomic E-state index is 11.2. The molecule has 152 valence electrons. The Labute approximate surface area is 159 Å². The molecule has 2 nitrogen and oxygen atoms in total. The van der Waals surface area contributed by atoms with Crippen LogP contribution in [0, 0.1) is 11.1 Å². The molecule has 0 aliphatic rings. The molecule has 0 aromatic heterocycles. The van der Waals surface area contributed by atoms with Crippen molar-refractivity contribution < 1.29 is 5.48 Å². The van der Waals surface area contributed by atoms with Gasteiger partial charge in [0.1, 0.15) is 0 Å². The van der Waals surface area contributed by atoms with E-state index in [1.807, 2.05) is 0 Å². The number of hydrogen-bond acceptors (Lipinski definition) is 1. The zero-order chi connectivity index (χ0) is 18.6. The molecule has 0 amide bonds. The average Bonchev–Trinajstić information content (AvgIpc) is 2.63. The molecule has 2 atom stereocenters. The summed E-state index contributed by atoms with van der Waals surface area (Å²) in [5.74, 6) is 0.634. The van der Waals surface area contributed by atoms with Crippen LogP contribution in [0.1, 0.15) is 136 Å². The van der Waals surface area contributed by atoms with E-state index in [1.54, 1.807) is 0 Å². The standard InChI is InChI=1S/C23H49NO/c1-4-7-8-9-10-11-12-13-14-15-16-17-18-19-21-22(6-3)23(24-25)20-5-2/h22-23H,4-21,24H2,1-3H3. The average molecular weight is 356 g/mol. The molecular formula is C23H49NO. The molecule has 0 aliphatic heterocycles. The van der Waals surface area contributed by atoms with Gasteiger partial charge in [-0.15, -0.1) is 0 Å². The van der Waals surface area contributed by atoms with E-state index in [1.165, 1.54) is 108 Å². The number of quaternary nitrogens is 1. The second-order valence-corrected chi connectivity index (χ2v) is 8.14. The minimum Gasteiger partial charge on any atom is -0.636 e. The van der Waals surface area contributed by atoms with E-state index < -0.39 is 0 Å². The fourth-order valence-electron chi connectivity index (χ4n) is 4.07. The molecule has 0 saturated carbocycles. The van der Waals surface area contributed by atoms with E-state index in [0.29, 0.717) is 12.0 Å². The van der Waals surface area contributed by atoms with Gasteiger partial charge in [0.15, 0.2) is 0 Å². The fraction of sp³-hybridized carbons (Fsp3) is 1.00. The number of hydroxylamine groups is 1. The Bertz CT molecular complexity index is 244. The van der Waals surface area contributed by atoms with Crippen LogP contribution in [0.3, 0.4) is 0 Å². The number of unbranched alkanes of at least 4 members (excludes halogenated alkanes) is 13. The van der Waals surface area contributed by atoms with Crippen LogP contribution >= 0.6 is 0 Å². The Morgan fingerprint density at radius 3 is 1.36 bits per heavy atom. The molecule has 25 heavy (non-hydrogen) atoms. The van der Waals surface area contributed by atoms with Crippen LogP contribution in [0.2, 0.25) is 0 Å². The lowest BCUT2D eigenvalue weighted by molar-refractivity contribution is -0.636. The van der Waals surface area contributed by atoms with Crippen LogP contribution in [0.4, 0.5) is 0 Å². The van der Waals surface area contributed by atoms with E-state index >= 15 is 0 Å². The van der Waals surface area contributed by atoms with Crippen LogP contribution < -0.4 is 5.48 Å². The monoisotopic (exact) mass is 355 g/mol. The van der Waals surface area contributed by atoms with Crippen molar-refractivity contribution >= 4 is 0 Å². The molecule has 0 aromatic carbocycles. The van der Waals surface area contributed by atoms with Gasteiger partial charge in [-0.2, -0.15) is 0 Å². The van der Waals surface area contributed by atoms with Crippen LogP contribution in [0.15, 0.2) is 0 Å². The number of nitrogens with two attached hydrogens (primary N) is 1. The largest absolute Gasteiger partial charge is 0.636 e. The Morgan fingerprint density at radius 1 is 0.560 bits per heavy atom. The first kappa shape index (κ1) is 24.9. The van der Waals surface area contributed by atoms with Crippen LogP contribution in [0.5, 0.6) is 0 Å². The summed E-state index contributed by atoms with van der Waals surface area (Å²) in [6, 6.07) is 0.317. The SMILES string of the molecule is CCCCCCCCCCCCCCCCC(CC)C(CCC)[NH2+][O-]. The van der Waals surface area contributed by atoms with Gasteiger partial charge in [0.25, 0.3) is 0 Å². The third kappa shape index (κ3) is 15.9. The van der Waals surface area contributed by atoms with Gasteiger partial charge in [-0.05, 0) is 19.3 Å². The molecular weight excluding hydrogens is 306 g/mol. The van der Waals surface area contributed by atoms with Crippen LogP contribution in [-0.4, -0.2) is 6.04 Å². The summed E-state index contributed by atoms with van der Waals surface area (Å²) < 4.78 is 0. The minimum atomic E-state index is 0.317. The van der Waals surface area contributed by atoms with Gasteiger partial charge in [0.2, 0.25) is 0 Å². The first-order chi connectivity index (χ1) is 12.3. The molecule has 0 saturated heterocycles. The van der Waals surface area contributed by atoms with E-state index in [-0.39, 0.29) is 0 Å². The molecule has 0 rings (SSSR count). The first-order valence-corrected chi connectivity index (χ1v) is 11.7. The summed E-state index contributed by atoms with van der Waals surface area (Å²) in [7, 11) is 0. The van der Waals surface area contributed by atoms with Crippen molar-refractivity contribution in [3.05, 3.63) is 5.21 Å². The topological polar surface area (TPSA) is 39.7 Å². The third-order valence-corrected chi connectivity index (χ3v) is 5.86. The summed E-state index contributed by atoms with van der Waals surface area (Å²) in [4.78, 5) is 0. The molecule has 0 bridgehead atoms. The Balaban J connectivity index is 3.34. The molecule has 0 heterocycles. The number of hydrogen-bond donors (Lipinski definition) is 1. The minimum absolute atomic E-state index is 0.317. The van der Waals surface area contributed by atoms with Crippen molar-refractivity contribution in [1.29, 1.82) is 0 Å². The summed E-state index contributed by atoms with van der Waals surface area (Å²) in [6.45, 7) is 6.73. The van der Waals surface area contributed by atoms with Gasteiger partial charge in [-0.1, -0.05) is 117 Å². The van der Waals surface area contributed by atoms with E-state index in [0.717, 1.165) is 12.8 Å². The molecule has 2 N–H and O–H groups in total. The molecule has 0 aromatic rings. The van der Waals surface area contributed by atoms with Crippen molar-refractivity contribution in [3.8, 4) is 0 Å². The highest BCUT2D eigenvalue weighted by atomic mass is 16.5. The van der Waals surface area contributed by atoms with Crippen molar-refractivity contribution in [2.75, 3.05) is 0 Å².